The van der Waals surface area contributed by atoms with Gasteiger partial charge >= 0.3 is 0 Å². The van der Waals surface area contributed by atoms with Crippen molar-refractivity contribution in [3.63, 3.8) is 0 Å². The van der Waals surface area contributed by atoms with Gasteiger partial charge in [-0.05, 0) is 36.2 Å². The minimum Gasteiger partial charge on any atom is -0.459 e. The first-order valence-corrected chi connectivity index (χ1v) is 7.49. The number of nitrogens with one attached hydrogen (secondary N) is 2. The van der Waals surface area contributed by atoms with E-state index in [0.717, 1.165) is 17.7 Å². The number of anilines is 1. The van der Waals surface area contributed by atoms with Gasteiger partial charge in [-0.2, -0.15) is 5.10 Å². The number of rotatable bonds is 4. The third-order valence-corrected chi connectivity index (χ3v) is 3.80. The quantitative estimate of drug-likeness (QED) is 0.910. The summed E-state index contributed by atoms with van der Waals surface area (Å²) in [7, 11) is 0. The number of amides is 2. The molecule has 0 bridgehead atoms. The molecule has 0 spiro atoms. The van der Waals surface area contributed by atoms with E-state index in [-0.39, 0.29) is 23.5 Å². The summed E-state index contributed by atoms with van der Waals surface area (Å²) < 4.78 is 5.05. The number of hydrazone groups is 1. The molecule has 0 saturated heterocycles. The first-order chi connectivity index (χ1) is 11.2. The normalized spacial score (nSPS) is 17.3. The molecule has 1 aromatic carbocycles. The molecule has 1 atom stereocenters. The van der Waals surface area contributed by atoms with Crippen molar-refractivity contribution >= 4 is 23.2 Å². The summed E-state index contributed by atoms with van der Waals surface area (Å²) in [6.07, 6.45) is 2.76. The highest BCUT2D eigenvalue weighted by atomic mass is 16.3. The van der Waals surface area contributed by atoms with Crippen LogP contribution in [-0.2, 0) is 4.79 Å². The van der Waals surface area contributed by atoms with Gasteiger partial charge < -0.3 is 9.73 Å². The molecule has 0 radical (unpaired) electrons. The van der Waals surface area contributed by atoms with Crippen LogP contribution in [0.1, 0.15) is 35.9 Å². The Morgan fingerprint density at radius 2 is 2.13 bits per heavy atom. The fraction of sp³-hybridized carbons (Fsp3) is 0.235. The lowest BCUT2D eigenvalue weighted by molar-refractivity contribution is -0.122. The Labute approximate surface area is 133 Å². The lowest BCUT2D eigenvalue weighted by Gasteiger charge is -2.21. The summed E-state index contributed by atoms with van der Waals surface area (Å²) in [5.41, 5.74) is 5.01. The first-order valence-electron chi connectivity index (χ1n) is 7.49. The monoisotopic (exact) mass is 311 g/mol. The van der Waals surface area contributed by atoms with Gasteiger partial charge in [-0.3, -0.25) is 9.59 Å². The lowest BCUT2D eigenvalue weighted by atomic mass is 9.90. The molecule has 2 N–H and O–H groups in total. The van der Waals surface area contributed by atoms with E-state index in [1.807, 2.05) is 31.2 Å². The van der Waals surface area contributed by atoms with Crippen molar-refractivity contribution < 1.29 is 14.0 Å². The fourth-order valence-electron chi connectivity index (χ4n) is 2.54. The summed E-state index contributed by atoms with van der Waals surface area (Å²) in [5.74, 6) is 0.0335. The summed E-state index contributed by atoms with van der Waals surface area (Å²) in [6, 6.07) is 10.7. The smallest absolute Gasteiger partial charge is 0.291 e. The molecule has 2 aromatic rings. The maximum atomic E-state index is 11.9. The summed E-state index contributed by atoms with van der Waals surface area (Å²) in [6.45, 7) is 2.04. The SMILES string of the molecule is CCC1CC(=O)NN=C1c1ccc(NC(=O)c2ccco2)cc1. The Balaban J connectivity index is 1.74. The Kier molecular flexibility index (Phi) is 4.23. The molecule has 1 aromatic heterocycles. The summed E-state index contributed by atoms with van der Waals surface area (Å²) >= 11 is 0. The highest BCUT2D eigenvalue weighted by Crippen LogP contribution is 2.21. The van der Waals surface area contributed by atoms with Gasteiger partial charge in [0.1, 0.15) is 0 Å². The van der Waals surface area contributed by atoms with Crippen LogP contribution < -0.4 is 10.7 Å². The van der Waals surface area contributed by atoms with Crippen LogP contribution in [0, 0.1) is 5.92 Å². The van der Waals surface area contributed by atoms with Gasteiger partial charge in [0, 0.05) is 18.0 Å². The van der Waals surface area contributed by atoms with Crippen molar-refractivity contribution in [1.29, 1.82) is 0 Å². The number of furan rings is 1. The maximum absolute atomic E-state index is 11.9. The molecule has 1 aliphatic rings. The highest BCUT2D eigenvalue weighted by Gasteiger charge is 2.23. The molecule has 2 amide bonds. The topological polar surface area (TPSA) is 83.7 Å². The Morgan fingerprint density at radius 3 is 2.78 bits per heavy atom. The Hall–Kier alpha value is -2.89. The van der Waals surface area contributed by atoms with Crippen LogP contribution >= 0.6 is 0 Å². The molecule has 0 fully saturated rings. The highest BCUT2D eigenvalue weighted by molar-refractivity contribution is 6.06. The van der Waals surface area contributed by atoms with Crippen molar-refractivity contribution in [2.75, 3.05) is 5.32 Å². The van der Waals surface area contributed by atoms with E-state index >= 15 is 0 Å². The number of nitrogens with zero attached hydrogens (tertiary/aromatic N) is 1. The molecule has 1 aliphatic heterocycles. The molecule has 0 saturated carbocycles. The predicted octanol–water partition coefficient (Wildman–Crippen LogP) is 2.78. The van der Waals surface area contributed by atoms with Crippen LogP contribution in [0.25, 0.3) is 0 Å². The third kappa shape index (κ3) is 3.31. The van der Waals surface area contributed by atoms with Gasteiger partial charge in [-0.1, -0.05) is 19.1 Å². The van der Waals surface area contributed by atoms with E-state index in [9.17, 15) is 9.59 Å². The Bertz CT molecular complexity index is 733. The Morgan fingerprint density at radius 1 is 1.35 bits per heavy atom. The van der Waals surface area contributed by atoms with Gasteiger partial charge in [0.2, 0.25) is 5.91 Å². The van der Waals surface area contributed by atoms with Gasteiger partial charge in [-0.25, -0.2) is 5.43 Å². The molecule has 0 aliphatic carbocycles. The van der Waals surface area contributed by atoms with Crippen molar-refractivity contribution in [1.82, 2.24) is 5.43 Å². The molecule has 6 nitrogen and oxygen atoms in total. The van der Waals surface area contributed by atoms with Crippen LogP contribution in [0.5, 0.6) is 0 Å². The molecular weight excluding hydrogens is 294 g/mol. The maximum Gasteiger partial charge on any atom is 0.291 e. The zero-order valence-corrected chi connectivity index (χ0v) is 12.7. The second kappa shape index (κ2) is 6.48. The molecular formula is C17H17N3O3. The van der Waals surface area contributed by atoms with E-state index in [2.05, 4.69) is 15.8 Å². The second-order valence-corrected chi connectivity index (χ2v) is 5.35. The minimum absolute atomic E-state index is 0.0528. The van der Waals surface area contributed by atoms with Crippen LogP contribution in [0.2, 0.25) is 0 Å². The fourth-order valence-corrected chi connectivity index (χ4v) is 2.54. The first kappa shape index (κ1) is 15.0. The average molecular weight is 311 g/mol. The number of carbonyl (C=O) groups is 2. The van der Waals surface area contributed by atoms with Crippen molar-refractivity contribution in [2.24, 2.45) is 11.0 Å². The van der Waals surface area contributed by atoms with Crippen LogP contribution in [0.3, 0.4) is 0 Å². The van der Waals surface area contributed by atoms with Crippen molar-refractivity contribution in [3.8, 4) is 0 Å². The van der Waals surface area contributed by atoms with Crippen molar-refractivity contribution in [3.05, 3.63) is 54.0 Å². The van der Waals surface area contributed by atoms with E-state index < -0.39 is 0 Å². The molecule has 1 unspecified atom stereocenters. The molecule has 6 heteroatoms. The summed E-state index contributed by atoms with van der Waals surface area (Å²) in [4.78, 5) is 23.3. The van der Waals surface area contributed by atoms with Gasteiger partial charge in [0.15, 0.2) is 5.76 Å². The molecule has 23 heavy (non-hydrogen) atoms. The second-order valence-electron chi connectivity index (χ2n) is 5.35. The molecule has 118 valence electrons. The zero-order valence-electron chi connectivity index (χ0n) is 12.7. The van der Waals surface area contributed by atoms with E-state index in [1.165, 1.54) is 6.26 Å². The van der Waals surface area contributed by atoms with Gasteiger partial charge in [0.25, 0.3) is 5.91 Å². The van der Waals surface area contributed by atoms with Gasteiger partial charge in [-0.15, -0.1) is 0 Å². The van der Waals surface area contributed by atoms with Crippen LogP contribution in [0.15, 0.2) is 52.2 Å². The van der Waals surface area contributed by atoms with Crippen LogP contribution in [0.4, 0.5) is 5.69 Å². The minimum atomic E-state index is -0.295. The summed E-state index contributed by atoms with van der Waals surface area (Å²) in [5, 5.41) is 6.94. The number of hydrogen-bond acceptors (Lipinski definition) is 4. The largest absolute Gasteiger partial charge is 0.459 e. The number of hydrogen-bond donors (Lipinski definition) is 2. The number of benzene rings is 1. The van der Waals surface area contributed by atoms with E-state index in [1.54, 1.807) is 12.1 Å². The van der Waals surface area contributed by atoms with Crippen LogP contribution in [-0.4, -0.2) is 17.5 Å². The molecule has 3 rings (SSSR count). The van der Waals surface area contributed by atoms with Gasteiger partial charge in [0.05, 0.1) is 12.0 Å². The van der Waals surface area contributed by atoms with Crippen molar-refractivity contribution in [2.45, 2.75) is 19.8 Å². The third-order valence-electron chi connectivity index (χ3n) is 3.80. The molecule has 2 heterocycles. The lowest BCUT2D eigenvalue weighted by Crippen LogP contribution is -2.33. The zero-order chi connectivity index (χ0) is 16.2. The standard InChI is InChI=1S/C17H17N3O3/c1-2-11-10-15(21)19-20-16(11)12-5-7-13(8-6-12)18-17(22)14-4-3-9-23-14/h3-9,11H,2,10H2,1H3,(H,18,22)(H,19,21). The van der Waals surface area contributed by atoms with E-state index in [4.69, 9.17) is 4.42 Å². The average Bonchev–Trinajstić information content (AvgIpc) is 3.10. The van der Waals surface area contributed by atoms with E-state index in [0.29, 0.717) is 12.1 Å². The predicted molar refractivity (Wildman–Crippen MR) is 86.2 cm³/mol. The number of carbonyl (C=O) groups excluding carboxylic acids is 2.